The van der Waals surface area contributed by atoms with Gasteiger partial charge in [-0.2, -0.15) is 0 Å². The van der Waals surface area contributed by atoms with E-state index in [1.54, 1.807) is 4.90 Å². The van der Waals surface area contributed by atoms with Crippen LogP contribution in [0.25, 0.3) is 0 Å². The third kappa shape index (κ3) is 2.78. The number of piperazine rings is 1. The Morgan fingerprint density at radius 1 is 1.25 bits per heavy atom. The van der Waals surface area contributed by atoms with Gasteiger partial charge in [0.1, 0.15) is 6.61 Å². The smallest absolute Gasteiger partial charge is 0.248 e. The van der Waals surface area contributed by atoms with Crippen molar-refractivity contribution < 1.29 is 9.90 Å². The topological polar surface area (TPSA) is 55.8 Å². The maximum absolute atomic E-state index is 11.4. The molecule has 1 aromatic rings. The Morgan fingerprint density at radius 2 is 2.00 bits per heavy atom. The molecule has 1 amide bonds. The van der Waals surface area contributed by atoms with Crippen molar-refractivity contribution in [2.45, 2.75) is 12.5 Å². The molecule has 5 nitrogen and oxygen atoms in total. The van der Waals surface area contributed by atoms with Crippen LogP contribution in [0.15, 0.2) is 24.3 Å². The van der Waals surface area contributed by atoms with E-state index in [2.05, 4.69) is 34.5 Å². The number of aliphatic hydroxyl groups excluding tert-OH is 1. The summed E-state index contributed by atoms with van der Waals surface area (Å²) >= 11 is 0. The van der Waals surface area contributed by atoms with Crippen molar-refractivity contribution in [1.82, 2.24) is 9.80 Å². The number of nitrogens with zero attached hydrogens (tertiary/aromatic N) is 2. The molecule has 2 aliphatic rings. The summed E-state index contributed by atoms with van der Waals surface area (Å²) in [5, 5.41) is 12.4. The Bertz CT molecular complexity index is 459. The largest absolute Gasteiger partial charge is 0.387 e. The molecule has 1 saturated heterocycles. The SMILES string of the molecule is O=C(CO)N1CCN(CC2Cc3ccccc3N2)CC1. The minimum atomic E-state index is -0.376. The molecule has 108 valence electrons. The lowest BCUT2D eigenvalue weighted by molar-refractivity contribution is -0.135. The van der Waals surface area contributed by atoms with Crippen LogP contribution in [0.3, 0.4) is 0 Å². The monoisotopic (exact) mass is 275 g/mol. The molecule has 0 aromatic heterocycles. The molecule has 5 heteroatoms. The van der Waals surface area contributed by atoms with Crippen molar-refractivity contribution in [2.75, 3.05) is 44.6 Å². The molecule has 2 N–H and O–H groups in total. The number of anilines is 1. The third-order valence-electron chi connectivity index (χ3n) is 4.18. The molecular formula is C15H21N3O2. The highest BCUT2D eigenvalue weighted by atomic mass is 16.3. The van der Waals surface area contributed by atoms with Gasteiger partial charge in [-0.25, -0.2) is 0 Å². The second-order valence-electron chi connectivity index (χ2n) is 5.54. The van der Waals surface area contributed by atoms with Crippen molar-refractivity contribution in [3.05, 3.63) is 29.8 Å². The normalized spacial score (nSPS) is 22.4. The molecule has 0 aliphatic carbocycles. The average molecular weight is 275 g/mol. The van der Waals surface area contributed by atoms with Gasteiger partial charge >= 0.3 is 0 Å². The second-order valence-corrected chi connectivity index (χ2v) is 5.54. The minimum Gasteiger partial charge on any atom is -0.387 e. The molecule has 0 spiro atoms. The van der Waals surface area contributed by atoms with Gasteiger partial charge in [-0.05, 0) is 18.1 Å². The lowest BCUT2D eigenvalue weighted by Crippen LogP contribution is -2.51. The maximum Gasteiger partial charge on any atom is 0.248 e. The van der Waals surface area contributed by atoms with Gasteiger partial charge in [0.2, 0.25) is 5.91 Å². The summed E-state index contributed by atoms with van der Waals surface area (Å²) in [4.78, 5) is 15.5. The van der Waals surface area contributed by atoms with E-state index in [0.29, 0.717) is 6.04 Å². The summed E-state index contributed by atoms with van der Waals surface area (Å²) in [5.74, 6) is -0.156. The van der Waals surface area contributed by atoms with Crippen LogP contribution in [-0.2, 0) is 11.2 Å². The van der Waals surface area contributed by atoms with E-state index in [0.717, 1.165) is 39.1 Å². The lowest BCUT2D eigenvalue weighted by Gasteiger charge is -2.35. The molecule has 0 bridgehead atoms. The van der Waals surface area contributed by atoms with E-state index < -0.39 is 0 Å². The highest BCUT2D eigenvalue weighted by Crippen LogP contribution is 2.25. The van der Waals surface area contributed by atoms with Crippen LogP contribution < -0.4 is 5.32 Å². The predicted molar refractivity (Wildman–Crippen MR) is 77.7 cm³/mol. The van der Waals surface area contributed by atoms with Gasteiger partial charge in [0.05, 0.1) is 0 Å². The first-order chi connectivity index (χ1) is 9.76. The van der Waals surface area contributed by atoms with Crippen molar-refractivity contribution in [3.63, 3.8) is 0 Å². The highest BCUT2D eigenvalue weighted by molar-refractivity contribution is 5.77. The van der Waals surface area contributed by atoms with Gasteiger partial charge in [0.15, 0.2) is 0 Å². The Morgan fingerprint density at radius 3 is 2.70 bits per heavy atom. The number of nitrogens with one attached hydrogen (secondary N) is 1. The van der Waals surface area contributed by atoms with Crippen LogP contribution in [0.4, 0.5) is 5.69 Å². The number of hydrogen-bond donors (Lipinski definition) is 2. The number of carbonyl (C=O) groups excluding carboxylic acids is 1. The zero-order valence-corrected chi connectivity index (χ0v) is 11.6. The first-order valence-corrected chi connectivity index (χ1v) is 7.21. The first kappa shape index (κ1) is 13.4. The Hall–Kier alpha value is -1.59. The minimum absolute atomic E-state index is 0.156. The number of aliphatic hydroxyl groups is 1. The van der Waals surface area contributed by atoms with E-state index >= 15 is 0 Å². The standard InChI is InChI=1S/C15H21N3O2/c19-11-15(20)18-7-5-17(6-8-18)10-13-9-12-3-1-2-4-14(12)16-13/h1-4,13,16,19H,5-11H2. The van der Waals surface area contributed by atoms with Gasteiger partial charge in [-0.15, -0.1) is 0 Å². The molecule has 0 radical (unpaired) electrons. The fraction of sp³-hybridized carbons (Fsp3) is 0.533. The summed E-state index contributed by atoms with van der Waals surface area (Å²) in [5.41, 5.74) is 2.65. The van der Waals surface area contributed by atoms with Crippen LogP contribution in [0.5, 0.6) is 0 Å². The summed E-state index contributed by atoms with van der Waals surface area (Å²) in [6, 6.07) is 8.93. The van der Waals surface area contributed by atoms with Crippen LogP contribution in [0, 0.1) is 0 Å². The van der Waals surface area contributed by atoms with E-state index in [9.17, 15) is 4.79 Å². The van der Waals surface area contributed by atoms with Gasteiger partial charge in [-0.1, -0.05) is 18.2 Å². The quantitative estimate of drug-likeness (QED) is 0.825. The Balaban J connectivity index is 1.48. The molecule has 20 heavy (non-hydrogen) atoms. The maximum atomic E-state index is 11.4. The molecule has 2 aliphatic heterocycles. The summed E-state index contributed by atoms with van der Waals surface area (Å²) in [7, 11) is 0. The molecular weight excluding hydrogens is 254 g/mol. The molecule has 3 rings (SSSR count). The number of fused-ring (bicyclic) bond motifs is 1. The summed E-state index contributed by atoms with van der Waals surface area (Å²) in [6.07, 6.45) is 1.08. The lowest BCUT2D eigenvalue weighted by atomic mass is 10.1. The molecule has 2 heterocycles. The Kier molecular flexibility index (Phi) is 3.89. The zero-order valence-electron chi connectivity index (χ0n) is 11.6. The van der Waals surface area contributed by atoms with E-state index in [-0.39, 0.29) is 12.5 Å². The molecule has 1 unspecified atom stereocenters. The number of rotatable bonds is 3. The summed E-state index contributed by atoms with van der Waals surface area (Å²) < 4.78 is 0. The highest BCUT2D eigenvalue weighted by Gasteiger charge is 2.25. The molecule has 1 fully saturated rings. The average Bonchev–Trinajstić information content (AvgIpc) is 2.89. The molecule has 1 atom stereocenters. The fourth-order valence-electron chi connectivity index (χ4n) is 3.08. The number of hydrogen-bond acceptors (Lipinski definition) is 4. The van der Waals surface area contributed by atoms with Crippen molar-refractivity contribution >= 4 is 11.6 Å². The predicted octanol–water partition coefficient (Wildman–Crippen LogP) is 0.160. The summed E-state index contributed by atoms with van der Waals surface area (Å²) in [6.45, 7) is 3.86. The van der Waals surface area contributed by atoms with Gasteiger partial charge in [0.25, 0.3) is 0 Å². The molecule has 1 aromatic carbocycles. The van der Waals surface area contributed by atoms with Crippen LogP contribution in [0.2, 0.25) is 0 Å². The van der Waals surface area contributed by atoms with Crippen LogP contribution in [0.1, 0.15) is 5.56 Å². The number of carbonyl (C=O) groups is 1. The Labute approximate surface area is 119 Å². The van der Waals surface area contributed by atoms with Gasteiger partial charge in [-0.3, -0.25) is 9.69 Å². The van der Waals surface area contributed by atoms with E-state index in [4.69, 9.17) is 5.11 Å². The van der Waals surface area contributed by atoms with E-state index in [1.807, 2.05) is 0 Å². The van der Waals surface area contributed by atoms with Gasteiger partial charge < -0.3 is 15.3 Å². The number of para-hydroxylation sites is 1. The van der Waals surface area contributed by atoms with Crippen molar-refractivity contribution in [3.8, 4) is 0 Å². The fourth-order valence-corrected chi connectivity index (χ4v) is 3.08. The van der Waals surface area contributed by atoms with Crippen molar-refractivity contribution in [2.24, 2.45) is 0 Å². The zero-order chi connectivity index (χ0) is 13.9. The van der Waals surface area contributed by atoms with Gasteiger partial charge in [0, 0.05) is 44.5 Å². The van der Waals surface area contributed by atoms with E-state index in [1.165, 1.54) is 11.3 Å². The van der Waals surface area contributed by atoms with Crippen molar-refractivity contribution in [1.29, 1.82) is 0 Å². The van der Waals surface area contributed by atoms with Crippen LogP contribution >= 0.6 is 0 Å². The molecule has 0 saturated carbocycles. The van der Waals surface area contributed by atoms with Crippen LogP contribution in [-0.4, -0.2) is 66.2 Å². The third-order valence-corrected chi connectivity index (χ3v) is 4.18. The second kappa shape index (κ2) is 5.81. The first-order valence-electron chi connectivity index (χ1n) is 7.21. The number of benzene rings is 1. The number of amides is 1.